The van der Waals surface area contributed by atoms with Crippen LogP contribution in [0, 0.1) is 19.3 Å². The van der Waals surface area contributed by atoms with E-state index in [1.54, 1.807) is 39.1 Å². The van der Waals surface area contributed by atoms with Gasteiger partial charge in [0.1, 0.15) is 29.8 Å². The first-order valence-electron chi connectivity index (χ1n) is 12.4. The van der Waals surface area contributed by atoms with E-state index in [-0.39, 0.29) is 18.0 Å². The molecule has 4 rings (SSSR count). The lowest BCUT2D eigenvalue weighted by atomic mass is 9.97. The normalized spacial score (nSPS) is 24.7. The second-order valence-electron chi connectivity index (χ2n) is 8.88. The molecule has 214 valence electrons. The van der Waals surface area contributed by atoms with Crippen LogP contribution in [0.5, 0.6) is 5.75 Å². The smallest absolute Gasteiger partial charge is 0.459 e. The second-order valence-corrected chi connectivity index (χ2v) is 10.6. The number of aliphatic hydroxyl groups excluding tert-OH is 1. The van der Waals surface area contributed by atoms with Gasteiger partial charge in [0.25, 0.3) is 0 Å². The van der Waals surface area contributed by atoms with Crippen LogP contribution in [0.25, 0.3) is 11.2 Å². The predicted octanol–water partition coefficient (Wildman–Crippen LogP) is 2.52. The predicted molar refractivity (Wildman–Crippen MR) is 142 cm³/mol. The van der Waals surface area contributed by atoms with Crippen LogP contribution in [0.15, 0.2) is 36.7 Å². The number of anilines is 1. The number of nitrogens with one attached hydrogen (secondary N) is 2. The summed E-state index contributed by atoms with van der Waals surface area (Å²) in [5, 5.41) is 16.3. The molecule has 3 heterocycles. The number of halogens is 1. The summed E-state index contributed by atoms with van der Waals surface area (Å²) in [5.74, 6) is 2.24. The monoisotopic (exact) mass is 576 g/mol. The van der Waals surface area contributed by atoms with Gasteiger partial charge in [-0.2, -0.15) is 5.09 Å². The van der Waals surface area contributed by atoms with Gasteiger partial charge in [-0.05, 0) is 32.9 Å². The van der Waals surface area contributed by atoms with Gasteiger partial charge in [0.05, 0.1) is 19.5 Å². The van der Waals surface area contributed by atoms with Crippen molar-refractivity contribution in [2.45, 2.75) is 50.9 Å². The zero-order chi connectivity index (χ0) is 29.1. The molecule has 1 fully saturated rings. The topological polar surface area (TPSA) is 159 Å². The summed E-state index contributed by atoms with van der Waals surface area (Å²) in [5.41, 5.74) is -2.19. The molecule has 0 aliphatic carbocycles. The maximum Gasteiger partial charge on any atom is 0.459 e. The van der Waals surface area contributed by atoms with Crippen LogP contribution in [-0.4, -0.2) is 74.8 Å². The highest BCUT2D eigenvalue weighted by Gasteiger charge is 2.58. The van der Waals surface area contributed by atoms with Crippen LogP contribution in [0.3, 0.4) is 0 Å². The van der Waals surface area contributed by atoms with Gasteiger partial charge in [-0.3, -0.25) is 13.9 Å². The number of carbonyl (C=O) groups excluding carboxylic acids is 1. The Kier molecular flexibility index (Phi) is 8.72. The number of rotatable bonds is 11. The summed E-state index contributed by atoms with van der Waals surface area (Å²) < 4.78 is 53.0. The Morgan fingerprint density at radius 1 is 1.38 bits per heavy atom. The first kappa shape index (κ1) is 29.4. The number of ether oxygens (including phenoxy) is 2. The first-order valence-corrected chi connectivity index (χ1v) is 13.9. The van der Waals surface area contributed by atoms with Crippen molar-refractivity contribution in [2.24, 2.45) is 0 Å². The fourth-order valence-corrected chi connectivity index (χ4v) is 5.62. The van der Waals surface area contributed by atoms with E-state index in [4.69, 9.17) is 24.9 Å². The Labute approximate surface area is 230 Å². The molecule has 0 bridgehead atoms. The molecule has 0 saturated carbocycles. The number of aliphatic hydroxyl groups is 1. The SMILES string of the molecule is C#C[C@@]1(F)[C@H](O)[C@@H](CO[P@@](=O)(N[C@@H](C)C(=O)OCC)Oc2ccccc2)O[C@H]1n1cnc2c(NC)nc(C)nc21. The van der Waals surface area contributed by atoms with Crippen molar-refractivity contribution in [3.8, 4) is 18.1 Å². The van der Waals surface area contributed by atoms with Crippen LogP contribution in [0.4, 0.5) is 10.2 Å². The molecular weight excluding hydrogens is 546 g/mol. The average molecular weight is 577 g/mol. The number of terminal acetylenes is 1. The minimum Gasteiger partial charge on any atom is -0.465 e. The standard InChI is InChI=1S/C25H30FN6O7P/c1-6-25(26)20(33)18(38-24(25)32-14-28-19-21(27-5)29-16(4)30-22(19)32)13-37-40(35,31-15(3)23(34)36-7-2)39-17-11-9-8-10-12-17/h1,8-12,14-15,18,20,24,33H,7,13H2,2-5H3,(H,31,35)(H,27,29,30)/t15-,18+,20+,24+,25+,40-/m0/s1. The fraction of sp³-hybridized carbons (Fsp3) is 0.440. The summed E-state index contributed by atoms with van der Waals surface area (Å²) in [4.78, 5) is 25.0. The third-order valence-electron chi connectivity index (χ3n) is 6.06. The number of aromatic nitrogens is 4. The maximum absolute atomic E-state index is 16.1. The molecule has 0 amide bonds. The Bertz CT molecular complexity index is 1450. The first-order chi connectivity index (χ1) is 19.0. The van der Waals surface area contributed by atoms with E-state index in [1.807, 2.05) is 5.92 Å². The minimum absolute atomic E-state index is 0.104. The van der Waals surface area contributed by atoms with Gasteiger partial charge in [-0.15, -0.1) is 6.42 Å². The number of alkyl halides is 1. The van der Waals surface area contributed by atoms with Gasteiger partial charge in [-0.1, -0.05) is 24.1 Å². The fourth-order valence-electron chi connectivity index (χ4n) is 4.12. The summed E-state index contributed by atoms with van der Waals surface area (Å²) in [6.45, 7) is 4.17. The molecule has 6 atom stereocenters. The molecule has 1 aliphatic rings. The molecule has 1 aliphatic heterocycles. The zero-order valence-electron chi connectivity index (χ0n) is 22.3. The highest BCUT2D eigenvalue weighted by molar-refractivity contribution is 7.52. The number of esters is 1. The van der Waals surface area contributed by atoms with E-state index in [0.717, 1.165) is 0 Å². The van der Waals surface area contributed by atoms with Gasteiger partial charge >= 0.3 is 13.7 Å². The van der Waals surface area contributed by atoms with Crippen molar-refractivity contribution in [2.75, 3.05) is 25.6 Å². The summed E-state index contributed by atoms with van der Waals surface area (Å²) in [6.07, 6.45) is 1.94. The molecule has 40 heavy (non-hydrogen) atoms. The van der Waals surface area contributed by atoms with Gasteiger partial charge in [0, 0.05) is 7.05 Å². The Morgan fingerprint density at radius 2 is 2.10 bits per heavy atom. The van der Waals surface area contributed by atoms with E-state index in [2.05, 4.69) is 25.4 Å². The van der Waals surface area contributed by atoms with Crippen LogP contribution in [-0.2, 0) is 23.4 Å². The van der Waals surface area contributed by atoms with Gasteiger partial charge < -0.3 is 24.4 Å². The number of benzene rings is 1. The molecule has 15 heteroatoms. The second kappa shape index (κ2) is 11.9. The molecule has 3 N–H and O–H groups in total. The molecule has 0 radical (unpaired) electrons. The average Bonchev–Trinajstić information content (AvgIpc) is 3.46. The van der Waals surface area contributed by atoms with Crippen LogP contribution in [0.2, 0.25) is 0 Å². The third kappa shape index (κ3) is 5.79. The lowest BCUT2D eigenvalue weighted by molar-refractivity contribution is -0.144. The van der Waals surface area contributed by atoms with E-state index in [9.17, 15) is 14.5 Å². The lowest BCUT2D eigenvalue weighted by Gasteiger charge is -2.25. The van der Waals surface area contributed by atoms with Crippen molar-refractivity contribution >= 4 is 30.7 Å². The van der Waals surface area contributed by atoms with Crippen molar-refractivity contribution in [1.82, 2.24) is 24.6 Å². The van der Waals surface area contributed by atoms with E-state index >= 15 is 4.39 Å². The molecule has 13 nitrogen and oxygen atoms in total. The number of nitrogens with zero attached hydrogens (tertiary/aromatic N) is 4. The van der Waals surface area contributed by atoms with Crippen molar-refractivity contribution < 1.29 is 37.4 Å². The molecule has 0 spiro atoms. The van der Waals surface area contributed by atoms with Crippen LogP contribution < -0.4 is 14.9 Å². The Hall–Kier alpha value is -3.60. The van der Waals surface area contributed by atoms with Crippen molar-refractivity contribution in [3.63, 3.8) is 0 Å². The Morgan fingerprint density at radius 3 is 2.75 bits per heavy atom. The van der Waals surface area contributed by atoms with Gasteiger partial charge in [0.15, 0.2) is 23.2 Å². The van der Waals surface area contributed by atoms with Gasteiger partial charge in [0.2, 0.25) is 5.67 Å². The molecule has 2 aromatic heterocycles. The number of hydrogen-bond acceptors (Lipinski definition) is 11. The largest absolute Gasteiger partial charge is 0.465 e. The number of imidazole rings is 1. The highest BCUT2D eigenvalue weighted by Crippen LogP contribution is 2.48. The zero-order valence-corrected chi connectivity index (χ0v) is 23.2. The molecule has 3 aromatic rings. The van der Waals surface area contributed by atoms with Crippen molar-refractivity contribution in [3.05, 3.63) is 42.5 Å². The minimum atomic E-state index is -4.30. The number of para-hydroxylation sites is 1. The molecule has 1 aromatic carbocycles. The molecular formula is C25H30FN6O7P. The summed E-state index contributed by atoms with van der Waals surface area (Å²) in [7, 11) is -2.65. The maximum atomic E-state index is 16.1. The van der Waals surface area contributed by atoms with Crippen molar-refractivity contribution in [1.29, 1.82) is 0 Å². The number of fused-ring (bicyclic) bond motifs is 1. The van der Waals surface area contributed by atoms with E-state index < -0.39 is 50.5 Å². The number of aryl methyl sites for hydroxylation is 1. The van der Waals surface area contributed by atoms with E-state index in [0.29, 0.717) is 17.2 Å². The molecule has 1 saturated heterocycles. The highest BCUT2D eigenvalue weighted by atomic mass is 31.2. The number of hydrogen-bond donors (Lipinski definition) is 3. The third-order valence-corrected chi connectivity index (χ3v) is 7.70. The lowest BCUT2D eigenvalue weighted by Crippen LogP contribution is -2.42. The van der Waals surface area contributed by atoms with Gasteiger partial charge in [-0.25, -0.2) is 23.9 Å². The molecule has 0 unspecified atom stereocenters. The quantitative estimate of drug-likeness (QED) is 0.174. The summed E-state index contributed by atoms with van der Waals surface area (Å²) >= 11 is 0. The van der Waals surface area contributed by atoms with E-state index in [1.165, 1.54) is 30.0 Å². The van der Waals surface area contributed by atoms with Crippen LogP contribution in [0.1, 0.15) is 25.9 Å². The summed E-state index contributed by atoms with van der Waals surface area (Å²) in [6, 6.07) is 6.98. The number of carbonyl (C=O) groups is 1. The Balaban J connectivity index is 1.60. The van der Waals surface area contributed by atoms with Crippen LogP contribution >= 0.6 is 7.75 Å².